The van der Waals surface area contributed by atoms with Crippen LogP contribution in [0.4, 0.5) is 0 Å². The molecule has 23 heavy (non-hydrogen) atoms. The van der Waals surface area contributed by atoms with Crippen LogP contribution in [0, 0.1) is 0 Å². The molecule has 1 aromatic heterocycles. The van der Waals surface area contributed by atoms with Crippen molar-refractivity contribution in [3.63, 3.8) is 0 Å². The largest absolute Gasteiger partial charge is 0.349 e. The third-order valence-corrected chi connectivity index (χ3v) is 4.93. The van der Waals surface area contributed by atoms with Crippen LogP contribution in [0.5, 0.6) is 0 Å². The van der Waals surface area contributed by atoms with Crippen molar-refractivity contribution in [2.24, 2.45) is 0 Å². The number of aromatic nitrogens is 2. The van der Waals surface area contributed by atoms with Crippen molar-refractivity contribution in [3.8, 4) is 0 Å². The van der Waals surface area contributed by atoms with Crippen molar-refractivity contribution in [1.29, 1.82) is 0 Å². The minimum absolute atomic E-state index is 0.0683. The molecule has 1 aliphatic rings. The molecule has 0 saturated carbocycles. The Morgan fingerprint density at radius 3 is 2.87 bits per heavy atom. The number of para-hydroxylation sites is 2. The van der Waals surface area contributed by atoms with Crippen LogP contribution in [-0.2, 0) is 21.1 Å². The van der Waals surface area contributed by atoms with E-state index in [1.54, 1.807) is 18.2 Å². The normalized spacial score (nSPS) is 19.0. The van der Waals surface area contributed by atoms with E-state index in [-0.39, 0.29) is 35.8 Å². The van der Waals surface area contributed by atoms with Crippen LogP contribution in [0.15, 0.2) is 40.5 Å². The molecule has 0 bridgehead atoms. The quantitative estimate of drug-likeness (QED) is 0.835. The molecule has 120 valence electrons. The van der Waals surface area contributed by atoms with Crippen LogP contribution in [0.1, 0.15) is 12.1 Å². The number of benzene rings is 1. The maximum absolute atomic E-state index is 11.9. The number of hydrogen-bond acceptors (Lipinski definition) is 5. The van der Waals surface area contributed by atoms with E-state index < -0.39 is 15.9 Å². The Labute approximate surface area is 132 Å². The molecule has 0 spiro atoms. The van der Waals surface area contributed by atoms with Crippen molar-refractivity contribution < 1.29 is 13.2 Å². The van der Waals surface area contributed by atoms with Crippen molar-refractivity contribution in [1.82, 2.24) is 15.3 Å². The zero-order chi connectivity index (χ0) is 16.4. The fourth-order valence-corrected chi connectivity index (χ4v) is 3.65. The SMILES string of the molecule is O=C(CCc1nc2ccccc2[nH]c1=O)NC1C=CS(=O)(=O)C1. The van der Waals surface area contributed by atoms with Gasteiger partial charge in [-0.1, -0.05) is 12.1 Å². The molecule has 1 atom stereocenters. The van der Waals surface area contributed by atoms with Gasteiger partial charge < -0.3 is 10.3 Å². The van der Waals surface area contributed by atoms with Crippen molar-refractivity contribution in [2.75, 3.05) is 5.75 Å². The molecular formula is C15H15N3O4S. The third kappa shape index (κ3) is 3.65. The molecule has 0 saturated heterocycles. The highest BCUT2D eigenvalue weighted by Crippen LogP contribution is 2.09. The van der Waals surface area contributed by atoms with Crippen molar-refractivity contribution in [3.05, 3.63) is 51.8 Å². The highest BCUT2D eigenvalue weighted by Gasteiger charge is 2.22. The average Bonchev–Trinajstić information content (AvgIpc) is 2.84. The number of H-pyrrole nitrogens is 1. The van der Waals surface area contributed by atoms with E-state index in [1.807, 2.05) is 6.07 Å². The summed E-state index contributed by atoms with van der Waals surface area (Å²) in [4.78, 5) is 30.8. The zero-order valence-corrected chi connectivity index (χ0v) is 13.0. The summed E-state index contributed by atoms with van der Waals surface area (Å²) >= 11 is 0. The van der Waals surface area contributed by atoms with Crippen molar-refractivity contribution in [2.45, 2.75) is 18.9 Å². The predicted octanol–water partition coefficient (Wildman–Crippen LogP) is 0.283. The first-order valence-electron chi connectivity index (χ1n) is 7.11. The Morgan fingerprint density at radius 1 is 1.35 bits per heavy atom. The number of hydrogen-bond donors (Lipinski definition) is 2. The number of aromatic amines is 1. The van der Waals surface area contributed by atoms with Crippen LogP contribution in [-0.4, -0.2) is 36.1 Å². The summed E-state index contributed by atoms with van der Waals surface area (Å²) < 4.78 is 22.6. The minimum Gasteiger partial charge on any atom is -0.349 e. The van der Waals surface area contributed by atoms with Gasteiger partial charge in [0.25, 0.3) is 5.56 Å². The van der Waals surface area contributed by atoms with E-state index >= 15 is 0 Å². The average molecular weight is 333 g/mol. The minimum atomic E-state index is -3.20. The smallest absolute Gasteiger partial charge is 0.270 e. The number of sulfone groups is 1. The second-order valence-corrected chi connectivity index (χ2v) is 7.29. The summed E-state index contributed by atoms with van der Waals surface area (Å²) in [6, 6.07) is 6.65. The van der Waals surface area contributed by atoms with E-state index in [1.165, 1.54) is 6.08 Å². The molecular weight excluding hydrogens is 318 g/mol. The first-order chi connectivity index (χ1) is 10.9. The van der Waals surface area contributed by atoms with E-state index in [0.717, 1.165) is 5.41 Å². The zero-order valence-electron chi connectivity index (χ0n) is 12.2. The summed E-state index contributed by atoms with van der Waals surface area (Å²) in [5.74, 6) is -0.431. The monoisotopic (exact) mass is 333 g/mol. The van der Waals surface area contributed by atoms with Crippen LogP contribution >= 0.6 is 0 Å². The maximum atomic E-state index is 11.9. The Morgan fingerprint density at radius 2 is 2.13 bits per heavy atom. The summed E-state index contributed by atoms with van der Waals surface area (Å²) in [6.45, 7) is 0. The van der Waals surface area contributed by atoms with E-state index in [2.05, 4.69) is 15.3 Å². The lowest BCUT2D eigenvalue weighted by Crippen LogP contribution is -2.35. The number of rotatable bonds is 4. The molecule has 1 unspecified atom stereocenters. The highest BCUT2D eigenvalue weighted by molar-refractivity contribution is 7.94. The second kappa shape index (κ2) is 5.96. The van der Waals surface area contributed by atoms with Gasteiger partial charge in [0.2, 0.25) is 5.91 Å². The summed E-state index contributed by atoms with van der Waals surface area (Å²) in [5, 5.41) is 3.72. The number of carbonyl (C=O) groups is 1. The molecule has 3 rings (SSSR count). The number of nitrogens with one attached hydrogen (secondary N) is 2. The van der Waals surface area contributed by atoms with Gasteiger partial charge in [0.05, 0.1) is 22.8 Å². The molecule has 2 aromatic rings. The van der Waals surface area contributed by atoms with Crippen LogP contribution in [0.3, 0.4) is 0 Å². The van der Waals surface area contributed by atoms with Gasteiger partial charge in [-0.15, -0.1) is 0 Å². The molecule has 1 aliphatic heterocycles. The van der Waals surface area contributed by atoms with Gasteiger partial charge in [0.15, 0.2) is 9.84 Å². The lowest BCUT2D eigenvalue weighted by molar-refractivity contribution is -0.121. The lowest BCUT2D eigenvalue weighted by atomic mass is 10.2. The molecule has 0 radical (unpaired) electrons. The Hall–Kier alpha value is -2.48. The highest BCUT2D eigenvalue weighted by atomic mass is 32.2. The number of fused-ring (bicyclic) bond motifs is 1. The number of nitrogens with zero attached hydrogens (tertiary/aromatic N) is 1. The first kappa shape index (κ1) is 15.4. The predicted molar refractivity (Wildman–Crippen MR) is 85.5 cm³/mol. The van der Waals surface area contributed by atoms with Crippen LogP contribution < -0.4 is 10.9 Å². The van der Waals surface area contributed by atoms with Gasteiger partial charge >= 0.3 is 0 Å². The van der Waals surface area contributed by atoms with Gasteiger partial charge in [-0.05, 0) is 18.2 Å². The van der Waals surface area contributed by atoms with Crippen molar-refractivity contribution >= 4 is 26.8 Å². The van der Waals surface area contributed by atoms with Crippen LogP contribution in [0.25, 0.3) is 11.0 Å². The van der Waals surface area contributed by atoms with Gasteiger partial charge in [0, 0.05) is 18.2 Å². The molecule has 1 aromatic carbocycles. The molecule has 8 heteroatoms. The van der Waals surface area contributed by atoms with Crippen LogP contribution in [0.2, 0.25) is 0 Å². The molecule has 2 N–H and O–H groups in total. The Kier molecular flexibility index (Phi) is 3.99. The number of aryl methyl sites for hydroxylation is 1. The van der Waals surface area contributed by atoms with Gasteiger partial charge in [-0.25, -0.2) is 13.4 Å². The summed E-state index contributed by atoms with van der Waals surface area (Å²) in [5.41, 5.74) is 1.27. The summed E-state index contributed by atoms with van der Waals surface area (Å²) in [6.07, 6.45) is 1.71. The molecule has 0 aliphatic carbocycles. The van der Waals surface area contributed by atoms with E-state index in [9.17, 15) is 18.0 Å². The number of carbonyl (C=O) groups excluding carboxylic acids is 1. The maximum Gasteiger partial charge on any atom is 0.270 e. The van der Waals surface area contributed by atoms with Gasteiger partial charge in [-0.3, -0.25) is 9.59 Å². The second-order valence-electron chi connectivity index (χ2n) is 5.36. The van der Waals surface area contributed by atoms with Gasteiger partial charge in [0.1, 0.15) is 5.69 Å². The fourth-order valence-electron chi connectivity index (χ4n) is 2.41. The Balaban J connectivity index is 1.64. The topological polar surface area (TPSA) is 109 Å². The van der Waals surface area contributed by atoms with E-state index in [4.69, 9.17) is 0 Å². The molecule has 7 nitrogen and oxygen atoms in total. The Bertz CT molecular complexity index is 947. The fraction of sp³-hybridized carbons (Fsp3) is 0.267. The summed E-state index contributed by atoms with van der Waals surface area (Å²) in [7, 11) is -3.20. The molecule has 2 heterocycles. The molecule has 1 amide bonds. The standard InChI is InChI=1S/C15H15N3O4S/c19-14(16-10-7-8-23(21,22)9-10)6-5-13-15(20)18-12-4-2-1-3-11(12)17-13/h1-4,7-8,10H,5-6,9H2,(H,16,19)(H,18,20). The molecule has 0 fully saturated rings. The lowest BCUT2D eigenvalue weighted by Gasteiger charge is -2.09. The van der Waals surface area contributed by atoms with E-state index in [0.29, 0.717) is 11.0 Å². The first-order valence-corrected chi connectivity index (χ1v) is 8.83. The third-order valence-electron chi connectivity index (χ3n) is 3.54. The van der Waals surface area contributed by atoms with Gasteiger partial charge in [-0.2, -0.15) is 0 Å². The number of amides is 1.